The van der Waals surface area contributed by atoms with Crippen molar-refractivity contribution in [1.82, 2.24) is 10.2 Å². The number of hydrogen-bond donors (Lipinski definition) is 2. The molecule has 0 aliphatic carbocycles. The summed E-state index contributed by atoms with van der Waals surface area (Å²) in [4.78, 5) is 37.5. The number of nitrogens with one attached hydrogen (secondary N) is 2. The van der Waals surface area contributed by atoms with Crippen molar-refractivity contribution in [2.24, 2.45) is 0 Å². The summed E-state index contributed by atoms with van der Waals surface area (Å²) in [7, 11) is 0. The van der Waals surface area contributed by atoms with Crippen LogP contribution in [0, 0.1) is 0 Å². The van der Waals surface area contributed by atoms with Gasteiger partial charge < -0.3 is 20.3 Å². The van der Waals surface area contributed by atoms with E-state index < -0.39 is 0 Å². The fourth-order valence-electron chi connectivity index (χ4n) is 2.99. The molecule has 1 heterocycles. The second-order valence-corrected chi connectivity index (χ2v) is 6.26. The summed E-state index contributed by atoms with van der Waals surface area (Å²) in [5.74, 6) is -0.626. The normalized spacial score (nSPS) is 14.6. The molecule has 1 aliphatic rings. The lowest BCUT2D eigenvalue weighted by Crippen LogP contribution is -2.47. The molecule has 26 heavy (non-hydrogen) atoms. The summed E-state index contributed by atoms with van der Waals surface area (Å²) in [6.45, 7) is 5.22. The number of carbonyl (C=O) groups is 3. The van der Waals surface area contributed by atoms with Crippen molar-refractivity contribution < 1.29 is 19.1 Å². The van der Waals surface area contributed by atoms with Crippen LogP contribution in [0.15, 0.2) is 24.3 Å². The van der Waals surface area contributed by atoms with Gasteiger partial charge in [0.25, 0.3) is 0 Å². The summed E-state index contributed by atoms with van der Waals surface area (Å²) in [5, 5.41) is 5.67. The van der Waals surface area contributed by atoms with E-state index in [0.29, 0.717) is 32.5 Å². The molecule has 0 spiro atoms. The number of anilines is 1. The maximum Gasteiger partial charge on any atom is 0.409 e. The molecule has 1 saturated heterocycles. The predicted molar refractivity (Wildman–Crippen MR) is 98.8 cm³/mol. The SMILES string of the molecule is CCOC(=O)N1CCC(NC(=O)CC(=O)Nc2ccccc2CC)CC1. The molecule has 0 aromatic heterocycles. The lowest BCUT2D eigenvalue weighted by atomic mass is 10.1. The fourth-order valence-corrected chi connectivity index (χ4v) is 2.99. The highest BCUT2D eigenvalue weighted by molar-refractivity contribution is 6.03. The number of benzene rings is 1. The van der Waals surface area contributed by atoms with Crippen LogP contribution in [0.25, 0.3) is 0 Å². The van der Waals surface area contributed by atoms with Crippen LogP contribution in [0.3, 0.4) is 0 Å². The zero-order valence-electron chi connectivity index (χ0n) is 15.4. The van der Waals surface area contributed by atoms with E-state index in [0.717, 1.165) is 17.7 Å². The summed E-state index contributed by atoms with van der Waals surface area (Å²) >= 11 is 0. The number of hydrogen-bond acceptors (Lipinski definition) is 4. The maximum atomic E-state index is 12.1. The first kappa shape index (κ1) is 19.8. The van der Waals surface area contributed by atoms with Crippen LogP contribution in [0.2, 0.25) is 0 Å². The molecule has 7 heteroatoms. The topological polar surface area (TPSA) is 87.7 Å². The summed E-state index contributed by atoms with van der Waals surface area (Å²) in [6.07, 6.45) is 1.60. The van der Waals surface area contributed by atoms with E-state index in [2.05, 4.69) is 10.6 Å². The van der Waals surface area contributed by atoms with Crippen LogP contribution in [0.4, 0.5) is 10.5 Å². The second kappa shape index (κ2) is 9.79. The number of nitrogens with zero attached hydrogens (tertiary/aromatic N) is 1. The van der Waals surface area contributed by atoms with Crippen LogP contribution in [-0.2, 0) is 20.7 Å². The minimum Gasteiger partial charge on any atom is -0.450 e. The smallest absolute Gasteiger partial charge is 0.409 e. The molecule has 1 fully saturated rings. The Morgan fingerprint density at radius 2 is 1.81 bits per heavy atom. The van der Waals surface area contributed by atoms with Gasteiger partial charge in [-0.15, -0.1) is 0 Å². The quantitative estimate of drug-likeness (QED) is 0.761. The van der Waals surface area contributed by atoms with Gasteiger partial charge in [-0.1, -0.05) is 25.1 Å². The van der Waals surface area contributed by atoms with Gasteiger partial charge in [-0.05, 0) is 37.8 Å². The van der Waals surface area contributed by atoms with Crippen LogP contribution >= 0.6 is 0 Å². The first-order chi connectivity index (χ1) is 12.5. The van der Waals surface area contributed by atoms with E-state index in [9.17, 15) is 14.4 Å². The highest BCUT2D eigenvalue weighted by Crippen LogP contribution is 2.16. The molecular formula is C19H27N3O4. The lowest BCUT2D eigenvalue weighted by Gasteiger charge is -2.31. The summed E-state index contributed by atoms with van der Waals surface area (Å²) in [5.41, 5.74) is 1.78. The van der Waals surface area contributed by atoms with Crippen molar-refractivity contribution >= 4 is 23.6 Å². The van der Waals surface area contributed by atoms with Crippen molar-refractivity contribution in [3.63, 3.8) is 0 Å². The van der Waals surface area contributed by atoms with Gasteiger partial charge in [-0.3, -0.25) is 9.59 Å². The highest BCUT2D eigenvalue weighted by atomic mass is 16.6. The fraction of sp³-hybridized carbons (Fsp3) is 0.526. The second-order valence-electron chi connectivity index (χ2n) is 6.26. The number of carbonyl (C=O) groups excluding carboxylic acids is 3. The molecule has 2 rings (SSSR count). The van der Waals surface area contributed by atoms with Crippen LogP contribution in [0.1, 0.15) is 38.7 Å². The van der Waals surface area contributed by atoms with Gasteiger partial charge in [0.1, 0.15) is 6.42 Å². The molecule has 1 aromatic carbocycles. The van der Waals surface area contributed by atoms with E-state index in [1.807, 2.05) is 31.2 Å². The van der Waals surface area contributed by atoms with Gasteiger partial charge in [0, 0.05) is 24.8 Å². The molecule has 0 bridgehead atoms. The van der Waals surface area contributed by atoms with Crippen LogP contribution in [0.5, 0.6) is 0 Å². The third-order valence-corrected chi connectivity index (χ3v) is 4.38. The number of piperidine rings is 1. The number of likely N-dealkylation sites (tertiary alicyclic amines) is 1. The Morgan fingerprint density at radius 1 is 1.12 bits per heavy atom. The molecular weight excluding hydrogens is 334 g/mol. The summed E-state index contributed by atoms with van der Waals surface area (Å²) < 4.78 is 4.97. The monoisotopic (exact) mass is 361 g/mol. The minimum absolute atomic E-state index is 0.0242. The Bertz CT molecular complexity index is 639. The number of para-hydroxylation sites is 1. The van der Waals surface area contributed by atoms with Gasteiger partial charge in [-0.2, -0.15) is 0 Å². The maximum absolute atomic E-state index is 12.1. The molecule has 3 amide bonds. The first-order valence-electron chi connectivity index (χ1n) is 9.12. The Labute approximate surface area is 154 Å². The molecule has 0 saturated carbocycles. The zero-order chi connectivity index (χ0) is 18.9. The van der Waals surface area contributed by atoms with Crippen molar-refractivity contribution in [3.05, 3.63) is 29.8 Å². The van der Waals surface area contributed by atoms with Crippen molar-refractivity contribution in [1.29, 1.82) is 0 Å². The van der Waals surface area contributed by atoms with Gasteiger partial charge in [-0.25, -0.2) is 4.79 Å². The summed E-state index contributed by atoms with van der Waals surface area (Å²) in [6, 6.07) is 7.53. The highest BCUT2D eigenvalue weighted by Gasteiger charge is 2.25. The van der Waals surface area contributed by atoms with Crippen molar-refractivity contribution in [2.75, 3.05) is 25.0 Å². The van der Waals surface area contributed by atoms with E-state index >= 15 is 0 Å². The average molecular weight is 361 g/mol. The largest absolute Gasteiger partial charge is 0.450 e. The number of aryl methyl sites for hydroxylation is 1. The Balaban J connectivity index is 1.75. The van der Waals surface area contributed by atoms with E-state index in [4.69, 9.17) is 4.74 Å². The minimum atomic E-state index is -0.327. The van der Waals surface area contributed by atoms with Gasteiger partial charge in [0.15, 0.2) is 0 Å². The average Bonchev–Trinajstić information content (AvgIpc) is 2.62. The molecule has 2 N–H and O–H groups in total. The number of ether oxygens (including phenoxy) is 1. The van der Waals surface area contributed by atoms with E-state index in [1.165, 1.54) is 0 Å². The molecule has 1 aromatic rings. The Hall–Kier alpha value is -2.57. The molecule has 142 valence electrons. The Kier molecular flexibility index (Phi) is 7.44. The standard InChI is InChI=1S/C19H27N3O4/c1-3-14-7-5-6-8-16(14)21-18(24)13-17(23)20-15-9-11-22(12-10-15)19(25)26-4-2/h5-8,15H,3-4,9-13H2,1-2H3,(H,20,23)(H,21,24). The molecule has 0 radical (unpaired) electrons. The predicted octanol–water partition coefficient (Wildman–Crippen LogP) is 2.31. The van der Waals surface area contributed by atoms with Gasteiger partial charge >= 0.3 is 6.09 Å². The van der Waals surface area contributed by atoms with Crippen molar-refractivity contribution in [3.8, 4) is 0 Å². The van der Waals surface area contributed by atoms with Crippen molar-refractivity contribution in [2.45, 2.75) is 45.6 Å². The van der Waals surface area contributed by atoms with Crippen LogP contribution in [-0.4, -0.2) is 48.5 Å². The van der Waals surface area contributed by atoms with E-state index in [-0.39, 0.29) is 30.4 Å². The molecule has 7 nitrogen and oxygen atoms in total. The molecule has 1 aliphatic heterocycles. The molecule has 0 unspecified atom stereocenters. The third-order valence-electron chi connectivity index (χ3n) is 4.38. The number of rotatable bonds is 6. The first-order valence-corrected chi connectivity index (χ1v) is 9.12. The lowest BCUT2D eigenvalue weighted by molar-refractivity contribution is -0.127. The van der Waals surface area contributed by atoms with Gasteiger partial charge in [0.2, 0.25) is 11.8 Å². The number of amides is 3. The van der Waals surface area contributed by atoms with E-state index in [1.54, 1.807) is 11.8 Å². The zero-order valence-corrected chi connectivity index (χ0v) is 15.4. The Morgan fingerprint density at radius 3 is 2.46 bits per heavy atom. The molecule has 0 atom stereocenters. The third kappa shape index (κ3) is 5.75. The van der Waals surface area contributed by atoms with Crippen LogP contribution < -0.4 is 10.6 Å². The van der Waals surface area contributed by atoms with Gasteiger partial charge in [0.05, 0.1) is 6.61 Å².